The average molecular weight is 503 g/mol. The molecule has 0 saturated carbocycles. The first-order chi connectivity index (χ1) is 16.8. The summed E-state index contributed by atoms with van der Waals surface area (Å²) in [6.45, 7) is 15.6. The van der Waals surface area contributed by atoms with Gasteiger partial charge >= 0.3 is 12.1 Å². The summed E-state index contributed by atoms with van der Waals surface area (Å²) in [4.78, 5) is 43.1. The van der Waals surface area contributed by atoms with Crippen LogP contribution in [0.4, 0.5) is 10.5 Å². The number of hydrogen-bond donors (Lipinski definition) is 1. The molecule has 2 fully saturated rings. The fraction of sp³-hybridized carbons (Fsp3) is 0.667. The maximum absolute atomic E-state index is 12.8. The quantitative estimate of drug-likeness (QED) is 0.618. The van der Waals surface area contributed by atoms with Crippen LogP contribution in [0.2, 0.25) is 0 Å². The first kappa shape index (κ1) is 27.8. The lowest BCUT2D eigenvalue weighted by Crippen LogP contribution is -2.50. The van der Waals surface area contributed by atoms with E-state index in [1.165, 1.54) is 0 Å². The van der Waals surface area contributed by atoms with Crippen LogP contribution in [0.3, 0.4) is 0 Å². The van der Waals surface area contributed by atoms with Gasteiger partial charge in [-0.25, -0.2) is 4.79 Å². The van der Waals surface area contributed by atoms with Crippen molar-refractivity contribution in [1.29, 1.82) is 0 Å². The van der Waals surface area contributed by atoms with Crippen LogP contribution >= 0.6 is 0 Å². The number of benzene rings is 1. The third kappa shape index (κ3) is 8.69. The maximum atomic E-state index is 12.8. The second kappa shape index (κ2) is 11.5. The van der Waals surface area contributed by atoms with Gasteiger partial charge in [-0.1, -0.05) is 0 Å². The SMILES string of the molecule is CC(C)(C)OC(=O)CN1CCC(NC(=O)c2ccc(N3CCN(C(=O)OC(C)(C)C)CC3)cc2)CC1. The van der Waals surface area contributed by atoms with E-state index in [4.69, 9.17) is 9.47 Å². The molecule has 0 spiro atoms. The van der Waals surface area contributed by atoms with Crippen molar-refractivity contribution >= 4 is 23.7 Å². The minimum Gasteiger partial charge on any atom is -0.459 e. The monoisotopic (exact) mass is 502 g/mol. The predicted octanol–water partition coefficient (Wildman–Crippen LogP) is 3.28. The molecule has 0 aliphatic carbocycles. The van der Waals surface area contributed by atoms with Crippen molar-refractivity contribution in [2.75, 3.05) is 50.7 Å². The summed E-state index contributed by atoms with van der Waals surface area (Å²) in [7, 11) is 0. The Labute approximate surface area is 215 Å². The van der Waals surface area contributed by atoms with Crippen LogP contribution in [0.1, 0.15) is 64.7 Å². The first-order valence-corrected chi connectivity index (χ1v) is 12.9. The Bertz CT molecular complexity index is 904. The lowest BCUT2D eigenvalue weighted by atomic mass is 10.0. The molecule has 36 heavy (non-hydrogen) atoms. The summed E-state index contributed by atoms with van der Waals surface area (Å²) >= 11 is 0. The van der Waals surface area contributed by atoms with Crippen molar-refractivity contribution in [3.63, 3.8) is 0 Å². The summed E-state index contributed by atoms with van der Waals surface area (Å²) in [5.74, 6) is -0.293. The van der Waals surface area contributed by atoms with E-state index in [1.54, 1.807) is 4.90 Å². The largest absolute Gasteiger partial charge is 0.459 e. The summed E-state index contributed by atoms with van der Waals surface area (Å²) < 4.78 is 10.9. The molecule has 2 amide bonds. The van der Waals surface area contributed by atoms with Gasteiger partial charge in [-0.2, -0.15) is 0 Å². The molecular formula is C27H42N4O5. The van der Waals surface area contributed by atoms with E-state index in [2.05, 4.69) is 15.1 Å². The van der Waals surface area contributed by atoms with E-state index in [0.29, 0.717) is 31.7 Å². The van der Waals surface area contributed by atoms with Crippen LogP contribution in [0.5, 0.6) is 0 Å². The van der Waals surface area contributed by atoms with Crippen LogP contribution < -0.4 is 10.2 Å². The number of nitrogens with one attached hydrogen (secondary N) is 1. The first-order valence-electron chi connectivity index (χ1n) is 12.9. The highest BCUT2D eigenvalue weighted by Crippen LogP contribution is 2.20. The third-order valence-electron chi connectivity index (χ3n) is 6.12. The molecule has 9 nitrogen and oxygen atoms in total. The van der Waals surface area contributed by atoms with Gasteiger partial charge in [0.15, 0.2) is 0 Å². The van der Waals surface area contributed by atoms with E-state index in [1.807, 2.05) is 65.8 Å². The highest BCUT2D eigenvalue weighted by molar-refractivity contribution is 5.94. The summed E-state index contributed by atoms with van der Waals surface area (Å²) in [5, 5.41) is 3.13. The number of piperidine rings is 1. The number of carbonyl (C=O) groups excluding carboxylic acids is 3. The molecule has 1 N–H and O–H groups in total. The Hall–Kier alpha value is -2.81. The number of amides is 2. The summed E-state index contributed by atoms with van der Waals surface area (Å²) in [5.41, 5.74) is 0.683. The van der Waals surface area contributed by atoms with Gasteiger partial charge in [-0.15, -0.1) is 0 Å². The fourth-order valence-electron chi connectivity index (χ4n) is 4.36. The lowest BCUT2D eigenvalue weighted by molar-refractivity contribution is -0.156. The average Bonchev–Trinajstić information content (AvgIpc) is 2.78. The zero-order valence-corrected chi connectivity index (χ0v) is 22.6. The smallest absolute Gasteiger partial charge is 0.410 e. The van der Waals surface area contributed by atoms with Crippen LogP contribution in [0, 0.1) is 0 Å². The zero-order valence-electron chi connectivity index (χ0n) is 22.6. The van der Waals surface area contributed by atoms with E-state index in [0.717, 1.165) is 31.6 Å². The molecule has 2 aliphatic heterocycles. The molecule has 0 unspecified atom stereocenters. The number of ether oxygens (including phenoxy) is 2. The minimum atomic E-state index is -0.498. The third-order valence-corrected chi connectivity index (χ3v) is 6.12. The molecule has 1 aromatic rings. The number of rotatable bonds is 5. The number of likely N-dealkylation sites (tertiary alicyclic amines) is 1. The number of hydrogen-bond acceptors (Lipinski definition) is 7. The molecule has 200 valence electrons. The standard InChI is InChI=1S/C27H42N4O5/c1-26(2,3)35-23(32)19-29-13-11-21(12-14-29)28-24(33)20-7-9-22(10-8-20)30-15-17-31(18-16-30)25(34)36-27(4,5)6/h7-10,21H,11-19H2,1-6H3,(H,28,33). The van der Waals surface area contributed by atoms with Gasteiger partial charge in [0.1, 0.15) is 11.2 Å². The van der Waals surface area contributed by atoms with Crippen molar-refractivity contribution in [1.82, 2.24) is 15.1 Å². The van der Waals surface area contributed by atoms with Gasteiger partial charge in [-0.3, -0.25) is 14.5 Å². The van der Waals surface area contributed by atoms with Crippen molar-refractivity contribution < 1.29 is 23.9 Å². The molecule has 9 heteroatoms. The van der Waals surface area contributed by atoms with Crippen molar-refractivity contribution in [3.05, 3.63) is 29.8 Å². The van der Waals surface area contributed by atoms with E-state index in [-0.39, 0.29) is 30.6 Å². The molecule has 2 aliphatic rings. The lowest BCUT2D eigenvalue weighted by Gasteiger charge is -2.36. The molecule has 1 aromatic carbocycles. The highest BCUT2D eigenvalue weighted by atomic mass is 16.6. The molecule has 3 rings (SSSR count). The Morgan fingerprint density at radius 2 is 1.39 bits per heavy atom. The summed E-state index contributed by atoms with van der Waals surface area (Å²) in [6.07, 6.45) is 1.33. The van der Waals surface area contributed by atoms with Gasteiger partial charge in [0, 0.05) is 56.6 Å². The Kier molecular flexibility index (Phi) is 8.87. The van der Waals surface area contributed by atoms with Crippen molar-refractivity contribution in [2.24, 2.45) is 0 Å². The summed E-state index contributed by atoms with van der Waals surface area (Å²) in [6, 6.07) is 7.71. The van der Waals surface area contributed by atoms with E-state index < -0.39 is 11.2 Å². The Balaban J connectivity index is 1.42. The molecule has 0 bridgehead atoms. The predicted molar refractivity (Wildman–Crippen MR) is 139 cm³/mol. The second-order valence-electron chi connectivity index (χ2n) is 11.6. The van der Waals surface area contributed by atoms with Crippen LogP contribution in [-0.4, -0.2) is 90.8 Å². The van der Waals surface area contributed by atoms with Crippen LogP contribution in [-0.2, 0) is 14.3 Å². The molecule has 2 heterocycles. The molecule has 0 aromatic heterocycles. The van der Waals surface area contributed by atoms with Crippen molar-refractivity contribution in [2.45, 2.75) is 71.6 Å². The molecule has 0 atom stereocenters. The van der Waals surface area contributed by atoms with Crippen LogP contribution in [0.15, 0.2) is 24.3 Å². The fourth-order valence-corrected chi connectivity index (χ4v) is 4.36. The van der Waals surface area contributed by atoms with E-state index >= 15 is 0 Å². The maximum Gasteiger partial charge on any atom is 0.410 e. The Morgan fingerprint density at radius 1 is 0.833 bits per heavy atom. The highest BCUT2D eigenvalue weighted by Gasteiger charge is 2.27. The van der Waals surface area contributed by atoms with Gasteiger partial charge in [0.05, 0.1) is 6.54 Å². The van der Waals surface area contributed by atoms with Crippen molar-refractivity contribution in [3.8, 4) is 0 Å². The molecular weight excluding hydrogens is 460 g/mol. The number of esters is 1. The number of carbonyl (C=O) groups is 3. The van der Waals surface area contributed by atoms with Crippen LogP contribution in [0.25, 0.3) is 0 Å². The number of nitrogens with zero attached hydrogens (tertiary/aromatic N) is 3. The van der Waals surface area contributed by atoms with E-state index in [9.17, 15) is 14.4 Å². The van der Waals surface area contributed by atoms with Gasteiger partial charge in [0.25, 0.3) is 5.91 Å². The number of anilines is 1. The molecule has 0 radical (unpaired) electrons. The van der Waals surface area contributed by atoms with Gasteiger partial charge in [-0.05, 0) is 78.6 Å². The zero-order chi connectivity index (χ0) is 26.5. The second-order valence-corrected chi connectivity index (χ2v) is 11.6. The minimum absolute atomic E-state index is 0.0816. The number of piperazine rings is 1. The van der Waals surface area contributed by atoms with Gasteiger partial charge in [0.2, 0.25) is 0 Å². The topological polar surface area (TPSA) is 91.4 Å². The molecule has 2 saturated heterocycles. The normalized spacial score (nSPS) is 18.1. The van der Waals surface area contributed by atoms with Gasteiger partial charge < -0.3 is 24.6 Å². The Morgan fingerprint density at radius 3 is 1.92 bits per heavy atom.